The van der Waals surface area contributed by atoms with Crippen molar-refractivity contribution < 1.29 is 18.8 Å². The molecule has 0 radical (unpaired) electrons. The predicted octanol–water partition coefficient (Wildman–Crippen LogP) is 5.51. The molecular weight excluding hydrogens is 344 g/mol. The Morgan fingerprint density at radius 2 is 1.65 bits per heavy atom. The average molecular weight is 385 g/mol. The fourth-order valence-corrected chi connectivity index (χ4v) is 5.13. The van der Waals surface area contributed by atoms with Crippen LogP contribution in [0.1, 0.15) is 79.1 Å². The molecule has 0 aromatic rings. The molecule has 0 unspecified atom stereocenters. The van der Waals surface area contributed by atoms with E-state index in [4.69, 9.17) is 4.43 Å². The summed E-state index contributed by atoms with van der Waals surface area (Å²) >= 11 is 0. The lowest BCUT2D eigenvalue weighted by molar-refractivity contribution is -0.140. The highest BCUT2D eigenvalue weighted by Crippen LogP contribution is 2.44. The summed E-state index contributed by atoms with van der Waals surface area (Å²) in [7, 11) is -0.378. The van der Waals surface area contributed by atoms with Gasteiger partial charge >= 0.3 is 5.97 Å². The average Bonchev–Trinajstić information content (AvgIpc) is 2.91. The number of ether oxygens (including phenoxy) is 1. The molecule has 4 nitrogen and oxygen atoms in total. The van der Waals surface area contributed by atoms with Gasteiger partial charge in [0.15, 0.2) is 8.32 Å². The molecule has 0 spiro atoms. The second-order valence-corrected chi connectivity index (χ2v) is 14.2. The largest absolute Gasteiger partial charge is 0.469 e. The molecule has 0 saturated heterocycles. The quantitative estimate of drug-likeness (QED) is 0.283. The van der Waals surface area contributed by atoms with Gasteiger partial charge in [-0.2, -0.15) is 0 Å². The van der Waals surface area contributed by atoms with Crippen LogP contribution in [0.3, 0.4) is 0 Å². The van der Waals surface area contributed by atoms with Crippen LogP contribution in [0.4, 0.5) is 0 Å². The molecule has 3 atom stereocenters. The number of hydrogen-bond acceptors (Lipinski definition) is 4. The number of carbonyl (C=O) groups is 2. The van der Waals surface area contributed by atoms with Crippen LogP contribution in [0.5, 0.6) is 0 Å². The third-order valence-corrected chi connectivity index (χ3v) is 10.9. The Balaban J connectivity index is 2.55. The van der Waals surface area contributed by atoms with Crippen LogP contribution >= 0.6 is 0 Å². The summed E-state index contributed by atoms with van der Waals surface area (Å²) in [6.07, 6.45) is 7.93. The molecule has 1 aliphatic carbocycles. The van der Waals surface area contributed by atoms with Crippen molar-refractivity contribution in [3.8, 4) is 0 Å². The van der Waals surface area contributed by atoms with Gasteiger partial charge in [0, 0.05) is 18.4 Å². The van der Waals surface area contributed by atoms with E-state index in [1.807, 2.05) is 0 Å². The lowest BCUT2D eigenvalue weighted by Crippen LogP contribution is -2.45. The summed E-state index contributed by atoms with van der Waals surface area (Å²) in [5, 5.41) is 0.194. The Bertz CT molecular complexity index is 467. The Morgan fingerprint density at radius 3 is 2.19 bits per heavy atom. The zero-order valence-corrected chi connectivity index (χ0v) is 19.0. The highest BCUT2D eigenvalue weighted by molar-refractivity contribution is 6.74. The van der Waals surface area contributed by atoms with E-state index >= 15 is 0 Å². The molecule has 1 aliphatic rings. The molecule has 0 aromatic carbocycles. The Kier molecular flexibility index (Phi) is 9.00. The van der Waals surface area contributed by atoms with E-state index in [0.29, 0.717) is 18.1 Å². The zero-order valence-electron chi connectivity index (χ0n) is 18.0. The van der Waals surface area contributed by atoms with Gasteiger partial charge in [-0.3, -0.25) is 9.59 Å². The number of esters is 1. The summed E-state index contributed by atoms with van der Waals surface area (Å²) in [5.74, 6) is 0.726. The molecule has 152 valence electrons. The molecule has 1 saturated carbocycles. The number of hydrogen-bond donors (Lipinski definition) is 0. The smallest absolute Gasteiger partial charge is 0.305 e. The van der Waals surface area contributed by atoms with Crippen molar-refractivity contribution in [2.45, 2.75) is 103 Å². The summed E-state index contributed by atoms with van der Waals surface area (Å²) in [6, 6.07) is 0. The van der Waals surface area contributed by atoms with Gasteiger partial charge in [-0.05, 0) is 56.7 Å². The SMILES string of the molecule is COC(=O)CCCCCC[C@H]1[C@@H](O[Si](C)(C)C(C)(C)C)CC[C@@H]1C(C)=O. The lowest BCUT2D eigenvalue weighted by atomic mass is 9.87. The van der Waals surface area contributed by atoms with Crippen molar-refractivity contribution in [2.75, 3.05) is 7.11 Å². The minimum Gasteiger partial charge on any atom is -0.469 e. The standard InChI is InChI=1S/C21H40O4Si/c1-16(22)17-14-15-19(25-26(6,7)21(2,3)4)18(17)12-10-8-9-11-13-20(23)24-5/h17-19H,8-15H2,1-7H3/t17-,18-,19+/m1/s1. The van der Waals surface area contributed by atoms with Crippen molar-refractivity contribution >= 4 is 20.1 Å². The van der Waals surface area contributed by atoms with Crippen molar-refractivity contribution in [3.05, 3.63) is 0 Å². The van der Waals surface area contributed by atoms with Gasteiger partial charge in [0.2, 0.25) is 0 Å². The van der Waals surface area contributed by atoms with E-state index in [9.17, 15) is 9.59 Å². The highest BCUT2D eigenvalue weighted by atomic mass is 28.4. The van der Waals surface area contributed by atoms with Crippen LogP contribution in [0, 0.1) is 11.8 Å². The third kappa shape index (κ3) is 6.80. The van der Waals surface area contributed by atoms with Crippen molar-refractivity contribution in [3.63, 3.8) is 0 Å². The van der Waals surface area contributed by atoms with Crippen LogP contribution in [0.15, 0.2) is 0 Å². The monoisotopic (exact) mass is 384 g/mol. The maximum Gasteiger partial charge on any atom is 0.305 e. The van der Waals surface area contributed by atoms with Crippen molar-refractivity contribution in [1.82, 2.24) is 0 Å². The fourth-order valence-electron chi connectivity index (χ4n) is 3.73. The molecule has 0 N–H and O–H groups in total. The van der Waals surface area contributed by atoms with E-state index in [1.165, 1.54) is 7.11 Å². The van der Waals surface area contributed by atoms with E-state index in [-0.39, 0.29) is 23.0 Å². The lowest BCUT2D eigenvalue weighted by Gasteiger charge is -2.40. The summed E-state index contributed by atoms with van der Waals surface area (Å²) < 4.78 is 11.4. The molecule has 0 aromatic heterocycles. The Hall–Kier alpha value is -0.683. The van der Waals surface area contributed by atoms with Gasteiger partial charge < -0.3 is 9.16 Å². The summed E-state index contributed by atoms with van der Waals surface area (Å²) in [4.78, 5) is 23.3. The molecule has 1 fully saturated rings. The molecule has 0 aliphatic heterocycles. The fraction of sp³-hybridized carbons (Fsp3) is 0.905. The van der Waals surface area contributed by atoms with Crippen LogP contribution in [0.2, 0.25) is 18.1 Å². The first-order chi connectivity index (χ1) is 12.0. The molecule has 1 rings (SSSR count). The van der Waals surface area contributed by atoms with Crippen molar-refractivity contribution in [2.24, 2.45) is 11.8 Å². The van der Waals surface area contributed by atoms with Crippen LogP contribution < -0.4 is 0 Å². The minimum atomic E-state index is -1.82. The van der Waals surface area contributed by atoms with E-state index in [0.717, 1.165) is 44.9 Å². The van der Waals surface area contributed by atoms with Crippen molar-refractivity contribution in [1.29, 1.82) is 0 Å². The second kappa shape index (κ2) is 10.0. The number of rotatable bonds is 10. The van der Waals surface area contributed by atoms with Crippen LogP contribution in [0.25, 0.3) is 0 Å². The number of unbranched alkanes of at least 4 members (excludes halogenated alkanes) is 3. The van der Waals surface area contributed by atoms with Gasteiger partial charge in [0.25, 0.3) is 0 Å². The van der Waals surface area contributed by atoms with E-state index in [1.54, 1.807) is 6.92 Å². The summed E-state index contributed by atoms with van der Waals surface area (Å²) in [5.41, 5.74) is 0. The first-order valence-corrected chi connectivity index (χ1v) is 13.2. The zero-order chi connectivity index (χ0) is 20.0. The van der Waals surface area contributed by atoms with Crippen LogP contribution in [-0.2, 0) is 18.8 Å². The maximum atomic E-state index is 12.1. The molecular formula is C21H40O4Si. The first kappa shape index (κ1) is 23.4. The first-order valence-electron chi connectivity index (χ1n) is 10.2. The summed E-state index contributed by atoms with van der Waals surface area (Å²) in [6.45, 7) is 13.2. The van der Waals surface area contributed by atoms with Crippen LogP contribution in [-0.4, -0.2) is 33.3 Å². The van der Waals surface area contributed by atoms with E-state index in [2.05, 4.69) is 38.6 Å². The Morgan fingerprint density at radius 1 is 1.04 bits per heavy atom. The number of Topliss-reactive ketones (excluding diaryl/α,β-unsaturated/α-hetero) is 1. The molecule has 0 bridgehead atoms. The number of methoxy groups -OCH3 is 1. The predicted molar refractivity (Wildman–Crippen MR) is 109 cm³/mol. The normalized spacial score (nSPS) is 23.9. The third-order valence-electron chi connectivity index (χ3n) is 6.43. The van der Waals surface area contributed by atoms with E-state index < -0.39 is 8.32 Å². The van der Waals surface area contributed by atoms with Gasteiger partial charge in [-0.25, -0.2) is 0 Å². The molecule has 5 heteroatoms. The van der Waals surface area contributed by atoms with Gasteiger partial charge in [0.05, 0.1) is 7.11 Å². The van der Waals surface area contributed by atoms with Gasteiger partial charge in [-0.15, -0.1) is 0 Å². The topological polar surface area (TPSA) is 52.6 Å². The maximum absolute atomic E-state index is 12.1. The molecule has 26 heavy (non-hydrogen) atoms. The van der Waals surface area contributed by atoms with Gasteiger partial charge in [0.1, 0.15) is 5.78 Å². The second-order valence-electron chi connectivity index (χ2n) is 9.40. The van der Waals surface area contributed by atoms with Gasteiger partial charge in [-0.1, -0.05) is 40.0 Å². The number of ketones is 1. The molecule has 0 heterocycles. The number of carbonyl (C=O) groups excluding carboxylic acids is 2. The minimum absolute atomic E-state index is 0.125. The Labute approximate surface area is 161 Å². The molecule has 0 amide bonds. The highest BCUT2D eigenvalue weighted by Gasteiger charge is 2.45.